The maximum atomic E-state index is 13.7. The van der Waals surface area contributed by atoms with E-state index in [-0.39, 0.29) is 28.5 Å². The van der Waals surface area contributed by atoms with E-state index in [0.717, 1.165) is 11.3 Å². The molecule has 0 saturated carbocycles. The van der Waals surface area contributed by atoms with E-state index < -0.39 is 12.0 Å². The molecule has 1 aromatic heterocycles. The van der Waals surface area contributed by atoms with Crippen LogP contribution in [0.25, 0.3) is 6.08 Å². The third-order valence-corrected chi connectivity index (χ3v) is 7.31. The number of halogens is 2. The van der Waals surface area contributed by atoms with Gasteiger partial charge in [-0.15, -0.1) is 0 Å². The molecule has 188 valence electrons. The van der Waals surface area contributed by atoms with Gasteiger partial charge < -0.3 is 19.3 Å². The molecular formula is C25H22BrClN2O6S. The van der Waals surface area contributed by atoms with Crippen molar-refractivity contribution in [3.05, 3.63) is 81.9 Å². The van der Waals surface area contributed by atoms with Crippen molar-refractivity contribution in [2.45, 2.75) is 19.9 Å². The number of esters is 1. The minimum atomic E-state index is -0.818. The number of hydrogen-bond acceptors (Lipinski definition) is 8. The Morgan fingerprint density at radius 1 is 1.25 bits per heavy atom. The number of phenolic OH excluding ortho intramolecular Hbond substituents is 1. The number of fused-ring (bicyclic) bond motifs is 1. The molecule has 2 heterocycles. The van der Waals surface area contributed by atoms with Crippen LogP contribution in [0, 0.1) is 0 Å². The van der Waals surface area contributed by atoms with Gasteiger partial charge in [-0.05, 0) is 49.8 Å². The summed E-state index contributed by atoms with van der Waals surface area (Å²) in [5.41, 5.74) is 1.28. The minimum absolute atomic E-state index is 0.145. The van der Waals surface area contributed by atoms with Crippen molar-refractivity contribution >= 4 is 50.9 Å². The van der Waals surface area contributed by atoms with Gasteiger partial charge in [-0.3, -0.25) is 9.36 Å². The first-order valence-corrected chi connectivity index (χ1v) is 12.8. The summed E-state index contributed by atoms with van der Waals surface area (Å²) in [6.45, 7) is 3.59. The molecule has 1 aliphatic heterocycles. The lowest BCUT2D eigenvalue weighted by atomic mass is 9.95. The summed E-state index contributed by atoms with van der Waals surface area (Å²) in [4.78, 5) is 31.7. The van der Waals surface area contributed by atoms with Crippen LogP contribution < -0.4 is 24.4 Å². The second-order valence-corrected chi connectivity index (χ2v) is 10.1. The molecule has 1 aliphatic rings. The molecule has 11 heteroatoms. The third-order valence-electron chi connectivity index (χ3n) is 5.58. The van der Waals surface area contributed by atoms with E-state index in [0.29, 0.717) is 42.1 Å². The number of phenols is 1. The molecule has 36 heavy (non-hydrogen) atoms. The molecule has 0 spiro atoms. The summed E-state index contributed by atoms with van der Waals surface area (Å²) >= 11 is 10.6. The summed E-state index contributed by atoms with van der Waals surface area (Å²) in [6.07, 6.45) is 1.55. The number of hydrogen-bond donors (Lipinski definition) is 1. The highest BCUT2D eigenvalue weighted by atomic mass is 79.9. The van der Waals surface area contributed by atoms with Gasteiger partial charge in [0.25, 0.3) is 5.56 Å². The Bertz CT molecular complexity index is 1580. The van der Waals surface area contributed by atoms with E-state index in [2.05, 4.69) is 20.9 Å². The Kier molecular flexibility index (Phi) is 7.58. The zero-order chi connectivity index (χ0) is 26.1. The predicted molar refractivity (Wildman–Crippen MR) is 141 cm³/mol. The molecule has 4 rings (SSSR count). The first-order valence-electron chi connectivity index (χ1n) is 10.8. The van der Waals surface area contributed by atoms with Gasteiger partial charge in [-0.25, -0.2) is 9.79 Å². The summed E-state index contributed by atoms with van der Waals surface area (Å²) in [5, 5.41) is 10.6. The Labute approximate surface area is 223 Å². The number of ether oxygens (including phenoxy) is 3. The molecule has 0 aliphatic carbocycles. The highest BCUT2D eigenvalue weighted by Gasteiger charge is 2.34. The molecule has 0 amide bonds. The maximum absolute atomic E-state index is 13.7. The average Bonchev–Trinajstić information content (AvgIpc) is 3.15. The van der Waals surface area contributed by atoms with Crippen LogP contribution in [0.1, 0.15) is 31.0 Å². The van der Waals surface area contributed by atoms with Crippen LogP contribution in [0.2, 0.25) is 5.02 Å². The molecular weight excluding hydrogens is 572 g/mol. The standard InChI is InChI=1S/C25H22BrClN2O6S/c1-5-35-24(32)20-12(2)28-25-29(21(20)13-6-7-17(33-3)18(9-13)34-4)23(31)19(36-25)10-14-8-15(26)11-16(27)22(14)30/h6-11,21,30H,5H2,1-4H3/b19-10-/t21-/m1/s1. The smallest absolute Gasteiger partial charge is 0.338 e. The normalized spacial score (nSPS) is 15.4. The number of carbonyl (C=O) groups excluding carboxylic acids is 1. The van der Waals surface area contributed by atoms with Crippen molar-refractivity contribution in [3.63, 3.8) is 0 Å². The van der Waals surface area contributed by atoms with Crippen LogP contribution >= 0.6 is 38.9 Å². The number of methoxy groups -OCH3 is 2. The summed E-state index contributed by atoms with van der Waals surface area (Å²) in [6, 6.07) is 7.59. The van der Waals surface area contributed by atoms with Gasteiger partial charge in [0.1, 0.15) is 5.75 Å². The highest BCUT2D eigenvalue weighted by molar-refractivity contribution is 9.10. The van der Waals surface area contributed by atoms with E-state index in [9.17, 15) is 14.7 Å². The Morgan fingerprint density at radius 2 is 1.97 bits per heavy atom. The van der Waals surface area contributed by atoms with Crippen LogP contribution in [0.3, 0.4) is 0 Å². The molecule has 8 nitrogen and oxygen atoms in total. The average molecular weight is 594 g/mol. The Balaban J connectivity index is 2.00. The first kappa shape index (κ1) is 26.0. The summed E-state index contributed by atoms with van der Waals surface area (Å²) < 4.78 is 18.5. The number of allylic oxidation sites excluding steroid dienone is 1. The van der Waals surface area contributed by atoms with Crippen LogP contribution in [0.15, 0.2) is 55.9 Å². The lowest BCUT2D eigenvalue weighted by molar-refractivity contribution is -0.139. The van der Waals surface area contributed by atoms with Gasteiger partial charge in [0, 0.05) is 10.0 Å². The fraction of sp³-hybridized carbons (Fsp3) is 0.240. The van der Waals surface area contributed by atoms with Crippen LogP contribution in [0.4, 0.5) is 0 Å². The van der Waals surface area contributed by atoms with Gasteiger partial charge in [0.15, 0.2) is 16.3 Å². The lowest BCUT2D eigenvalue weighted by Crippen LogP contribution is -2.40. The number of benzene rings is 2. The van der Waals surface area contributed by atoms with Gasteiger partial charge in [0.2, 0.25) is 0 Å². The molecule has 2 aromatic carbocycles. The van der Waals surface area contributed by atoms with Crippen LogP contribution in [-0.2, 0) is 9.53 Å². The number of aromatic hydroxyl groups is 1. The van der Waals surface area contributed by atoms with Crippen molar-refractivity contribution in [2.75, 3.05) is 20.8 Å². The SMILES string of the molecule is CCOC(=O)C1=C(C)N=c2s/c(=C\c3cc(Br)cc(Cl)c3O)c(=O)n2[C@@H]1c1ccc(OC)c(OC)c1. The van der Waals surface area contributed by atoms with Crippen molar-refractivity contribution in [1.82, 2.24) is 4.57 Å². The molecule has 0 bridgehead atoms. The maximum Gasteiger partial charge on any atom is 0.338 e. The lowest BCUT2D eigenvalue weighted by Gasteiger charge is -2.25. The third kappa shape index (κ3) is 4.68. The molecule has 0 fully saturated rings. The zero-order valence-corrected chi connectivity index (χ0v) is 23.0. The van der Waals surface area contributed by atoms with E-state index in [4.69, 9.17) is 25.8 Å². The summed E-state index contributed by atoms with van der Waals surface area (Å²) in [7, 11) is 3.04. The van der Waals surface area contributed by atoms with Crippen molar-refractivity contribution in [2.24, 2.45) is 4.99 Å². The molecule has 0 radical (unpaired) electrons. The molecule has 0 unspecified atom stereocenters. The topological polar surface area (TPSA) is 99.4 Å². The van der Waals surface area contributed by atoms with Crippen molar-refractivity contribution < 1.29 is 24.1 Å². The number of carbonyl (C=O) groups is 1. The second kappa shape index (κ2) is 10.5. The zero-order valence-electron chi connectivity index (χ0n) is 19.8. The highest BCUT2D eigenvalue weighted by Crippen LogP contribution is 2.36. The first-order chi connectivity index (χ1) is 17.2. The quantitative estimate of drug-likeness (QED) is 0.435. The van der Waals surface area contributed by atoms with Crippen molar-refractivity contribution in [3.8, 4) is 17.2 Å². The van der Waals surface area contributed by atoms with Crippen LogP contribution in [-0.4, -0.2) is 36.5 Å². The Morgan fingerprint density at radius 3 is 2.64 bits per heavy atom. The number of aromatic nitrogens is 1. The van der Waals surface area contributed by atoms with Gasteiger partial charge in [0.05, 0.1) is 47.7 Å². The number of thiazole rings is 1. The van der Waals surface area contributed by atoms with Gasteiger partial charge in [-0.1, -0.05) is 44.9 Å². The van der Waals surface area contributed by atoms with Crippen molar-refractivity contribution in [1.29, 1.82) is 0 Å². The van der Waals surface area contributed by atoms with Gasteiger partial charge >= 0.3 is 5.97 Å². The molecule has 1 atom stereocenters. The monoisotopic (exact) mass is 592 g/mol. The van der Waals surface area contributed by atoms with Gasteiger partial charge in [-0.2, -0.15) is 0 Å². The largest absolute Gasteiger partial charge is 0.506 e. The van der Waals surface area contributed by atoms with E-state index >= 15 is 0 Å². The molecule has 0 saturated heterocycles. The second-order valence-electron chi connectivity index (χ2n) is 7.74. The number of nitrogens with zero attached hydrogens (tertiary/aromatic N) is 2. The van der Waals surface area contributed by atoms with Crippen LogP contribution in [0.5, 0.6) is 17.2 Å². The Hall–Kier alpha value is -3.08. The van der Waals surface area contributed by atoms with E-state index in [1.807, 2.05) is 0 Å². The summed E-state index contributed by atoms with van der Waals surface area (Å²) in [5.74, 6) is 0.243. The molecule has 3 aromatic rings. The van der Waals surface area contributed by atoms with E-state index in [1.54, 1.807) is 50.3 Å². The van der Waals surface area contributed by atoms with E-state index in [1.165, 1.54) is 18.8 Å². The fourth-order valence-electron chi connectivity index (χ4n) is 3.97. The minimum Gasteiger partial charge on any atom is -0.506 e. The predicted octanol–water partition coefficient (Wildman–Crippen LogP) is 3.94. The molecule has 1 N–H and O–H groups in total. The fourth-order valence-corrected chi connectivity index (χ4v) is 5.84. The number of rotatable bonds is 6.